The number of carbonyl (C=O) groups excluding carboxylic acids is 1. The highest BCUT2D eigenvalue weighted by Crippen LogP contribution is 2.23. The Balaban J connectivity index is 2.10. The van der Waals surface area contributed by atoms with Gasteiger partial charge in [-0.1, -0.05) is 18.2 Å². The predicted molar refractivity (Wildman–Crippen MR) is 65.6 cm³/mol. The largest absolute Gasteiger partial charge is 0.346 e. The molecule has 1 aliphatic heterocycles. The topological polar surface area (TPSA) is 63.2 Å². The van der Waals surface area contributed by atoms with E-state index in [4.69, 9.17) is 0 Å². The first-order valence-electron chi connectivity index (χ1n) is 5.48. The highest BCUT2D eigenvalue weighted by atomic mass is 32.2. The van der Waals surface area contributed by atoms with Crippen LogP contribution in [0.4, 0.5) is 0 Å². The second kappa shape index (κ2) is 4.14. The van der Waals surface area contributed by atoms with Gasteiger partial charge in [0.15, 0.2) is 9.84 Å². The van der Waals surface area contributed by atoms with Gasteiger partial charge in [-0.15, -0.1) is 0 Å². The van der Waals surface area contributed by atoms with Crippen LogP contribution in [0.2, 0.25) is 0 Å². The van der Waals surface area contributed by atoms with Gasteiger partial charge in [-0.25, -0.2) is 8.42 Å². The lowest BCUT2D eigenvalue weighted by atomic mass is 10.0. The van der Waals surface area contributed by atoms with E-state index in [9.17, 15) is 13.2 Å². The zero-order valence-electron chi connectivity index (χ0n) is 9.64. The van der Waals surface area contributed by atoms with Crippen LogP contribution in [0.1, 0.15) is 23.7 Å². The van der Waals surface area contributed by atoms with Gasteiger partial charge in [-0.3, -0.25) is 4.79 Å². The summed E-state index contributed by atoms with van der Waals surface area (Å²) in [6, 6.07) is 8.81. The summed E-state index contributed by atoms with van der Waals surface area (Å²) in [6.45, 7) is 1.78. The van der Waals surface area contributed by atoms with Gasteiger partial charge in [-0.2, -0.15) is 0 Å². The monoisotopic (exact) mass is 253 g/mol. The van der Waals surface area contributed by atoms with Crippen LogP contribution in [0.5, 0.6) is 0 Å². The summed E-state index contributed by atoms with van der Waals surface area (Å²) >= 11 is 0. The molecule has 17 heavy (non-hydrogen) atoms. The molecule has 5 heteroatoms. The third-order valence-electron chi connectivity index (χ3n) is 2.95. The van der Waals surface area contributed by atoms with E-state index in [1.807, 2.05) is 6.07 Å². The summed E-state index contributed by atoms with van der Waals surface area (Å²) in [5.74, 6) is -0.0397. The lowest BCUT2D eigenvalue weighted by Gasteiger charge is -2.23. The van der Waals surface area contributed by atoms with Crippen LogP contribution in [-0.4, -0.2) is 31.4 Å². The zero-order valence-corrected chi connectivity index (χ0v) is 10.5. The van der Waals surface area contributed by atoms with Crippen molar-refractivity contribution < 1.29 is 13.2 Å². The van der Waals surface area contributed by atoms with Crippen molar-refractivity contribution in [2.75, 3.05) is 11.5 Å². The fourth-order valence-electron chi connectivity index (χ4n) is 2.04. The van der Waals surface area contributed by atoms with Gasteiger partial charge in [0.1, 0.15) is 0 Å². The number of nitrogens with one attached hydrogen (secondary N) is 1. The molecular formula is C12H15NO3S. The van der Waals surface area contributed by atoms with Crippen molar-refractivity contribution >= 4 is 15.7 Å². The second-order valence-corrected chi connectivity index (χ2v) is 6.91. The lowest BCUT2D eigenvalue weighted by molar-refractivity contribution is 0.0915. The third kappa shape index (κ3) is 2.85. The molecule has 1 amide bonds. The van der Waals surface area contributed by atoms with Crippen molar-refractivity contribution in [2.45, 2.75) is 18.9 Å². The van der Waals surface area contributed by atoms with Crippen LogP contribution in [0.3, 0.4) is 0 Å². The van der Waals surface area contributed by atoms with Crippen LogP contribution in [-0.2, 0) is 9.84 Å². The van der Waals surface area contributed by atoms with Crippen molar-refractivity contribution in [3.8, 4) is 0 Å². The Morgan fingerprint density at radius 1 is 1.29 bits per heavy atom. The average molecular weight is 253 g/mol. The minimum atomic E-state index is -3.00. The molecule has 1 saturated heterocycles. The van der Waals surface area contributed by atoms with E-state index in [0.717, 1.165) is 0 Å². The van der Waals surface area contributed by atoms with Crippen LogP contribution < -0.4 is 5.32 Å². The summed E-state index contributed by atoms with van der Waals surface area (Å²) < 4.78 is 22.8. The predicted octanol–water partition coefficient (Wildman–Crippen LogP) is 0.994. The number of carbonyl (C=O) groups is 1. The SMILES string of the molecule is C[C@]1(NC(=O)c2ccccc2)CCS(=O)(=O)C1. The van der Waals surface area contributed by atoms with Crippen molar-refractivity contribution in [1.29, 1.82) is 0 Å². The van der Waals surface area contributed by atoms with E-state index in [2.05, 4.69) is 5.32 Å². The van der Waals surface area contributed by atoms with E-state index < -0.39 is 15.4 Å². The summed E-state index contributed by atoms with van der Waals surface area (Å²) in [4.78, 5) is 11.9. The van der Waals surface area contributed by atoms with E-state index in [1.165, 1.54) is 0 Å². The Hall–Kier alpha value is -1.36. The lowest BCUT2D eigenvalue weighted by Crippen LogP contribution is -2.46. The Bertz CT molecular complexity index is 524. The average Bonchev–Trinajstić information content (AvgIpc) is 2.54. The number of sulfone groups is 1. The summed E-state index contributed by atoms with van der Waals surface area (Å²) in [5.41, 5.74) is -0.0795. The fourth-order valence-corrected chi connectivity index (χ4v) is 4.14. The van der Waals surface area contributed by atoms with Gasteiger partial charge in [0.05, 0.1) is 17.0 Å². The van der Waals surface area contributed by atoms with Gasteiger partial charge in [0.2, 0.25) is 0 Å². The molecule has 0 saturated carbocycles. The Morgan fingerprint density at radius 3 is 2.47 bits per heavy atom. The van der Waals surface area contributed by atoms with E-state index in [0.29, 0.717) is 12.0 Å². The van der Waals surface area contributed by atoms with Crippen molar-refractivity contribution in [3.05, 3.63) is 35.9 Å². The minimum absolute atomic E-state index is 0.0264. The molecule has 4 nitrogen and oxygen atoms in total. The maximum absolute atomic E-state index is 11.9. The summed E-state index contributed by atoms with van der Waals surface area (Å²) in [5, 5.41) is 2.81. The van der Waals surface area contributed by atoms with Gasteiger partial charge < -0.3 is 5.32 Å². The molecule has 1 aliphatic rings. The molecule has 0 aromatic heterocycles. The molecule has 1 fully saturated rings. The molecule has 1 atom stereocenters. The molecule has 0 radical (unpaired) electrons. The standard InChI is InChI=1S/C12H15NO3S/c1-12(7-8-17(15,16)9-12)13-11(14)10-5-3-2-4-6-10/h2-6H,7-9H2,1H3,(H,13,14)/t12-/m0/s1. The smallest absolute Gasteiger partial charge is 0.251 e. The van der Waals surface area contributed by atoms with Crippen LogP contribution >= 0.6 is 0 Å². The molecule has 0 unspecified atom stereocenters. The van der Waals surface area contributed by atoms with Gasteiger partial charge in [0.25, 0.3) is 5.91 Å². The van der Waals surface area contributed by atoms with Crippen molar-refractivity contribution in [3.63, 3.8) is 0 Å². The molecule has 0 aliphatic carbocycles. The quantitative estimate of drug-likeness (QED) is 0.855. The van der Waals surface area contributed by atoms with Crippen molar-refractivity contribution in [2.24, 2.45) is 0 Å². The number of rotatable bonds is 2. The normalized spacial score (nSPS) is 26.6. The Kier molecular flexibility index (Phi) is 2.95. The first kappa shape index (κ1) is 12.1. The number of hydrogen-bond donors (Lipinski definition) is 1. The molecule has 1 heterocycles. The zero-order chi connectivity index (χ0) is 12.5. The van der Waals surface area contributed by atoms with Gasteiger partial charge >= 0.3 is 0 Å². The summed E-state index contributed by atoms with van der Waals surface area (Å²) in [7, 11) is -3.00. The first-order chi connectivity index (χ1) is 7.90. The molecule has 92 valence electrons. The maximum Gasteiger partial charge on any atom is 0.251 e. The Labute approximate surface area is 101 Å². The Morgan fingerprint density at radius 2 is 1.94 bits per heavy atom. The molecule has 1 aromatic rings. The van der Waals surface area contributed by atoms with Gasteiger partial charge in [0, 0.05) is 5.56 Å². The maximum atomic E-state index is 11.9. The highest BCUT2D eigenvalue weighted by Gasteiger charge is 2.39. The molecule has 0 spiro atoms. The molecule has 0 bridgehead atoms. The summed E-state index contributed by atoms with van der Waals surface area (Å²) in [6.07, 6.45) is 0.480. The van der Waals surface area contributed by atoms with Gasteiger partial charge in [-0.05, 0) is 25.5 Å². The number of benzene rings is 1. The second-order valence-electron chi connectivity index (χ2n) is 4.72. The fraction of sp³-hybridized carbons (Fsp3) is 0.417. The van der Waals surface area contributed by atoms with Crippen LogP contribution in [0.15, 0.2) is 30.3 Å². The highest BCUT2D eigenvalue weighted by molar-refractivity contribution is 7.91. The first-order valence-corrected chi connectivity index (χ1v) is 7.30. The van der Waals surface area contributed by atoms with Crippen LogP contribution in [0.25, 0.3) is 0 Å². The number of amides is 1. The minimum Gasteiger partial charge on any atom is -0.346 e. The van der Waals surface area contributed by atoms with E-state index in [-0.39, 0.29) is 17.4 Å². The van der Waals surface area contributed by atoms with Crippen molar-refractivity contribution in [1.82, 2.24) is 5.32 Å². The van der Waals surface area contributed by atoms with E-state index in [1.54, 1.807) is 31.2 Å². The molecule has 2 rings (SSSR count). The third-order valence-corrected chi connectivity index (χ3v) is 4.86. The molecular weight excluding hydrogens is 238 g/mol. The van der Waals surface area contributed by atoms with E-state index >= 15 is 0 Å². The molecule has 1 aromatic carbocycles. The molecule has 1 N–H and O–H groups in total. The number of hydrogen-bond acceptors (Lipinski definition) is 3. The van der Waals surface area contributed by atoms with Crippen LogP contribution in [0, 0.1) is 0 Å².